The summed E-state index contributed by atoms with van der Waals surface area (Å²) in [7, 11) is 0. The van der Waals surface area contributed by atoms with Gasteiger partial charge >= 0.3 is 5.69 Å². The third-order valence-corrected chi connectivity index (χ3v) is 5.38. The average molecular weight is 419 g/mol. The first-order chi connectivity index (χ1) is 13.7. The van der Waals surface area contributed by atoms with Crippen molar-refractivity contribution >= 4 is 23.3 Å². The number of carbonyl (C=O) groups excluding carboxylic acids is 1. The van der Waals surface area contributed by atoms with Crippen LogP contribution in [-0.4, -0.2) is 46.1 Å². The zero-order valence-corrected chi connectivity index (χ0v) is 18.0. The maximum absolute atomic E-state index is 12.9. The van der Waals surface area contributed by atoms with E-state index in [1.165, 1.54) is 10.6 Å². The standard InChI is InChI=1S/C21H27ClN4O3/c1-14(2)25-18(13-19(27)26(15(3)4)21(25)29)23-8-10-24(11-9-23)20(28)16-6-5-7-17(22)12-16/h5-7,12-15H,8-11H2,1-4H3. The third-order valence-electron chi connectivity index (χ3n) is 5.14. The van der Waals surface area contributed by atoms with E-state index in [1.54, 1.807) is 33.7 Å². The van der Waals surface area contributed by atoms with E-state index in [9.17, 15) is 14.4 Å². The van der Waals surface area contributed by atoms with Crippen LogP contribution in [0.15, 0.2) is 39.9 Å². The molecule has 1 fully saturated rings. The lowest BCUT2D eigenvalue weighted by molar-refractivity contribution is 0.0746. The van der Waals surface area contributed by atoms with Crippen molar-refractivity contribution in [2.24, 2.45) is 0 Å². The molecule has 1 aliphatic rings. The van der Waals surface area contributed by atoms with E-state index in [-0.39, 0.29) is 29.2 Å². The topological polar surface area (TPSA) is 67.5 Å². The van der Waals surface area contributed by atoms with Crippen LogP contribution in [-0.2, 0) is 0 Å². The summed E-state index contributed by atoms with van der Waals surface area (Å²) in [5.41, 5.74) is -0.0335. The van der Waals surface area contributed by atoms with Crippen molar-refractivity contribution in [3.05, 3.63) is 61.8 Å². The summed E-state index contributed by atoms with van der Waals surface area (Å²) in [4.78, 5) is 42.0. The number of anilines is 1. The molecular formula is C21H27ClN4O3. The summed E-state index contributed by atoms with van der Waals surface area (Å²) in [5.74, 6) is 0.547. The first-order valence-electron chi connectivity index (χ1n) is 9.88. The van der Waals surface area contributed by atoms with Crippen molar-refractivity contribution < 1.29 is 4.79 Å². The van der Waals surface area contributed by atoms with E-state index in [4.69, 9.17) is 11.6 Å². The number of nitrogens with zero attached hydrogens (tertiary/aromatic N) is 4. The summed E-state index contributed by atoms with van der Waals surface area (Å²) < 4.78 is 2.94. The fourth-order valence-electron chi connectivity index (χ4n) is 3.71. The van der Waals surface area contributed by atoms with E-state index in [2.05, 4.69) is 0 Å². The first kappa shape index (κ1) is 21.2. The molecule has 0 aliphatic carbocycles. The molecule has 0 spiro atoms. The van der Waals surface area contributed by atoms with E-state index in [0.29, 0.717) is 42.6 Å². The Labute approximate surface area is 175 Å². The van der Waals surface area contributed by atoms with Gasteiger partial charge in [0.25, 0.3) is 11.5 Å². The lowest BCUT2D eigenvalue weighted by Crippen LogP contribution is -2.51. The maximum Gasteiger partial charge on any atom is 0.333 e. The smallest absolute Gasteiger partial charge is 0.333 e. The summed E-state index contributed by atoms with van der Waals surface area (Å²) in [6.07, 6.45) is 0. The zero-order chi connectivity index (χ0) is 21.3. The van der Waals surface area contributed by atoms with Crippen LogP contribution in [0.2, 0.25) is 5.02 Å². The predicted molar refractivity (Wildman–Crippen MR) is 115 cm³/mol. The van der Waals surface area contributed by atoms with Crippen molar-refractivity contribution in [2.75, 3.05) is 31.1 Å². The van der Waals surface area contributed by atoms with Crippen molar-refractivity contribution in [3.63, 3.8) is 0 Å². The Bertz CT molecular complexity index is 1020. The largest absolute Gasteiger partial charge is 0.354 e. The van der Waals surface area contributed by atoms with E-state index in [0.717, 1.165) is 0 Å². The number of hydrogen-bond donors (Lipinski definition) is 0. The highest BCUT2D eigenvalue weighted by Gasteiger charge is 2.26. The highest BCUT2D eigenvalue weighted by Crippen LogP contribution is 2.19. The van der Waals surface area contributed by atoms with Crippen molar-refractivity contribution in [1.82, 2.24) is 14.0 Å². The minimum absolute atomic E-state index is 0.0661. The van der Waals surface area contributed by atoms with E-state index in [1.807, 2.05) is 32.6 Å². The van der Waals surface area contributed by atoms with Gasteiger partial charge in [-0.2, -0.15) is 0 Å². The van der Waals surface area contributed by atoms with Gasteiger partial charge in [0.15, 0.2) is 0 Å². The van der Waals surface area contributed by atoms with Gasteiger partial charge in [0.05, 0.1) is 0 Å². The number of hydrogen-bond acceptors (Lipinski definition) is 4. The molecule has 0 bridgehead atoms. The number of carbonyl (C=O) groups is 1. The number of piperazine rings is 1. The van der Waals surface area contributed by atoms with Gasteiger partial charge in [0, 0.05) is 54.9 Å². The van der Waals surface area contributed by atoms with Crippen molar-refractivity contribution in [3.8, 4) is 0 Å². The summed E-state index contributed by atoms with van der Waals surface area (Å²) >= 11 is 6.00. The fraction of sp³-hybridized carbons (Fsp3) is 0.476. The Morgan fingerprint density at radius 2 is 1.55 bits per heavy atom. The van der Waals surface area contributed by atoms with Gasteiger partial charge in [-0.1, -0.05) is 17.7 Å². The molecule has 0 atom stereocenters. The molecule has 1 aliphatic heterocycles. The second-order valence-electron chi connectivity index (χ2n) is 7.84. The van der Waals surface area contributed by atoms with Crippen LogP contribution < -0.4 is 16.1 Å². The van der Waals surface area contributed by atoms with Gasteiger partial charge in [0.1, 0.15) is 5.82 Å². The van der Waals surface area contributed by atoms with Crippen molar-refractivity contribution in [1.29, 1.82) is 0 Å². The molecule has 2 heterocycles. The monoisotopic (exact) mass is 418 g/mol. The van der Waals surface area contributed by atoms with Gasteiger partial charge < -0.3 is 9.80 Å². The molecule has 3 rings (SSSR count). The molecule has 0 radical (unpaired) electrons. The molecule has 0 saturated carbocycles. The van der Waals surface area contributed by atoms with Gasteiger partial charge in [-0.25, -0.2) is 4.79 Å². The first-order valence-corrected chi connectivity index (χ1v) is 10.3. The summed E-state index contributed by atoms with van der Waals surface area (Å²) in [5, 5.41) is 0.529. The van der Waals surface area contributed by atoms with Crippen LogP contribution in [0.3, 0.4) is 0 Å². The molecule has 1 aromatic carbocycles. The number of rotatable bonds is 4. The molecule has 0 N–H and O–H groups in total. The van der Waals surface area contributed by atoms with Crippen LogP contribution in [0.25, 0.3) is 0 Å². The number of benzene rings is 1. The highest BCUT2D eigenvalue weighted by atomic mass is 35.5. The molecule has 1 amide bonds. The Morgan fingerprint density at radius 3 is 2.10 bits per heavy atom. The van der Waals surface area contributed by atoms with Gasteiger partial charge in [-0.3, -0.25) is 18.7 Å². The van der Waals surface area contributed by atoms with Crippen LogP contribution >= 0.6 is 11.6 Å². The lowest BCUT2D eigenvalue weighted by Gasteiger charge is -2.37. The Balaban J connectivity index is 1.85. The van der Waals surface area contributed by atoms with Crippen LogP contribution in [0.4, 0.5) is 5.82 Å². The number of aromatic nitrogens is 2. The molecule has 2 aromatic rings. The van der Waals surface area contributed by atoms with Crippen LogP contribution in [0.5, 0.6) is 0 Å². The fourth-order valence-corrected chi connectivity index (χ4v) is 3.90. The van der Waals surface area contributed by atoms with Gasteiger partial charge in [-0.05, 0) is 45.9 Å². The number of amides is 1. The zero-order valence-electron chi connectivity index (χ0n) is 17.3. The molecule has 0 unspecified atom stereocenters. The Kier molecular flexibility index (Phi) is 6.17. The summed E-state index contributed by atoms with van der Waals surface area (Å²) in [6, 6.07) is 8.16. The lowest BCUT2D eigenvalue weighted by atomic mass is 10.2. The van der Waals surface area contributed by atoms with E-state index < -0.39 is 0 Å². The predicted octanol–water partition coefficient (Wildman–Crippen LogP) is 2.79. The minimum Gasteiger partial charge on any atom is -0.354 e. The van der Waals surface area contributed by atoms with Gasteiger partial charge in [0.2, 0.25) is 0 Å². The quantitative estimate of drug-likeness (QED) is 0.765. The SMILES string of the molecule is CC(C)n1c(N2CCN(C(=O)c3cccc(Cl)c3)CC2)cc(=O)n(C(C)C)c1=O. The molecule has 8 heteroatoms. The molecule has 156 valence electrons. The van der Waals surface area contributed by atoms with Crippen LogP contribution in [0, 0.1) is 0 Å². The normalized spacial score (nSPS) is 14.7. The molecule has 1 aromatic heterocycles. The summed E-state index contributed by atoms with van der Waals surface area (Å²) in [6.45, 7) is 9.61. The molecule has 7 nitrogen and oxygen atoms in total. The maximum atomic E-state index is 12.9. The minimum atomic E-state index is -0.297. The molecule has 29 heavy (non-hydrogen) atoms. The average Bonchev–Trinajstić information content (AvgIpc) is 2.66. The second-order valence-corrected chi connectivity index (χ2v) is 8.28. The molecule has 1 saturated heterocycles. The Hall–Kier alpha value is -2.54. The molecular weight excluding hydrogens is 392 g/mol. The van der Waals surface area contributed by atoms with Crippen LogP contribution in [0.1, 0.15) is 50.1 Å². The third kappa shape index (κ3) is 4.24. The van der Waals surface area contributed by atoms with E-state index >= 15 is 0 Å². The number of halogens is 1. The second kappa shape index (κ2) is 8.45. The highest BCUT2D eigenvalue weighted by molar-refractivity contribution is 6.30. The van der Waals surface area contributed by atoms with Gasteiger partial charge in [-0.15, -0.1) is 0 Å². The van der Waals surface area contributed by atoms with Crippen molar-refractivity contribution in [2.45, 2.75) is 39.8 Å². The Morgan fingerprint density at radius 1 is 0.931 bits per heavy atom.